The van der Waals surface area contributed by atoms with E-state index in [2.05, 4.69) is 15.2 Å². The first-order chi connectivity index (χ1) is 14.9. The molecule has 10 heteroatoms. The average Bonchev–Trinajstić information content (AvgIpc) is 3.18. The molecule has 2 atom stereocenters. The predicted molar refractivity (Wildman–Crippen MR) is 112 cm³/mol. The first-order valence-electron chi connectivity index (χ1n) is 10.5. The average molecular weight is 432 g/mol. The first kappa shape index (κ1) is 19.9. The van der Waals surface area contributed by atoms with Crippen LogP contribution in [-0.4, -0.2) is 54.4 Å². The van der Waals surface area contributed by atoms with Crippen LogP contribution in [0.4, 0.5) is 41.1 Å². The number of pyridine rings is 2. The Morgan fingerprint density at radius 3 is 2.71 bits per heavy atom. The number of hydrogen-bond donors (Lipinski definition) is 1. The number of hydrogen-bond acceptors (Lipinski definition) is 5. The largest absolute Gasteiger partial charge is 0.393 e. The molecule has 164 valence electrons. The molecule has 1 N–H and O–H groups in total. The van der Waals surface area contributed by atoms with Crippen molar-refractivity contribution in [2.75, 3.05) is 46.2 Å². The van der Waals surface area contributed by atoms with E-state index < -0.39 is 12.1 Å². The molecular weight excluding hydrogens is 409 g/mol. The molecule has 3 aliphatic rings. The van der Waals surface area contributed by atoms with Crippen LogP contribution >= 0.6 is 0 Å². The number of piperidine rings is 1. The molecule has 5 rings (SSSR count). The lowest BCUT2D eigenvalue weighted by Crippen LogP contribution is -2.48. The molecule has 31 heavy (non-hydrogen) atoms. The molecule has 3 aliphatic heterocycles. The number of rotatable bonds is 2. The summed E-state index contributed by atoms with van der Waals surface area (Å²) >= 11 is 0. The van der Waals surface area contributed by atoms with Crippen molar-refractivity contribution in [1.29, 1.82) is 0 Å². The summed E-state index contributed by atoms with van der Waals surface area (Å²) in [5, 5.41) is 2.82. The standard InChI is InChI=1S/C21H23F3N6O/c22-21(23,24)14-4-3-10-29(12-14)18-7-6-16-19(27-18)30(15-8-11-28(16)13-15)20(31)26-17-5-1-2-9-25-17/h1-2,5-7,9,14-15H,3-4,8,10-13H2,(H,25,26,31)/t14-,15?/m0/s1. The van der Waals surface area contributed by atoms with Gasteiger partial charge in [-0.2, -0.15) is 13.2 Å². The second-order valence-corrected chi connectivity index (χ2v) is 8.24. The normalized spacial score (nSPS) is 23.0. The van der Waals surface area contributed by atoms with Crippen LogP contribution in [0.1, 0.15) is 19.3 Å². The number of urea groups is 1. The van der Waals surface area contributed by atoms with Gasteiger partial charge in [-0.05, 0) is 43.5 Å². The molecule has 0 radical (unpaired) electrons. The molecule has 0 aromatic carbocycles. The molecule has 2 fully saturated rings. The fourth-order valence-corrected chi connectivity index (χ4v) is 4.70. The Morgan fingerprint density at radius 2 is 1.94 bits per heavy atom. The SMILES string of the molecule is O=C(Nc1ccccn1)N1c2nc(N3CCC[C@H](C(F)(F)F)C3)ccc2N2CCC1C2. The number of alkyl halides is 3. The molecule has 0 aliphatic carbocycles. The molecule has 2 bridgehead atoms. The van der Waals surface area contributed by atoms with Gasteiger partial charge in [0.1, 0.15) is 11.6 Å². The number of nitrogens with zero attached hydrogens (tertiary/aromatic N) is 5. The van der Waals surface area contributed by atoms with Crippen LogP contribution in [0.5, 0.6) is 0 Å². The van der Waals surface area contributed by atoms with Gasteiger partial charge in [0.05, 0.1) is 17.6 Å². The van der Waals surface area contributed by atoms with E-state index in [4.69, 9.17) is 4.98 Å². The smallest absolute Gasteiger partial charge is 0.366 e. The number of halogens is 3. The number of nitrogens with one attached hydrogen (secondary N) is 1. The molecule has 2 saturated heterocycles. The van der Waals surface area contributed by atoms with Crippen molar-refractivity contribution < 1.29 is 18.0 Å². The molecule has 2 amide bonds. The van der Waals surface area contributed by atoms with Gasteiger partial charge in [-0.1, -0.05) is 6.07 Å². The maximum absolute atomic E-state index is 13.3. The van der Waals surface area contributed by atoms with Gasteiger partial charge >= 0.3 is 12.2 Å². The minimum atomic E-state index is -4.22. The zero-order valence-electron chi connectivity index (χ0n) is 16.8. The highest BCUT2D eigenvalue weighted by atomic mass is 19.4. The van der Waals surface area contributed by atoms with Crippen LogP contribution in [0.15, 0.2) is 36.5 Å². The van der Waals surface area contributed by atoms with Crippen LogP contribution in [0, 0.1) is 5.92 Å². The Labute approximate surface area is 177 Å². The predicted octanol–water partition coefficient (Wildman–Crippen LogP) is 3.89. The number of aromatic nitrogens is 2. The Hall–Kier alpha value is -3.04. The van der Waals surface area contributed by atoms with Crippen LogP contribution in [0.3, 0.4) is 0 Å². The highest BCUT2D eigenvalue weighted by Gasteiger charge is 2.43. The van der Waals surface area contributed by atoms with E-state index in [0.717, 1.165) is 18.7 Å². The van der Waals surface area contributed by atoms with E-state index in [1.807, 2.05) is 6.07 Å². The second kappa shape index (κ2) is 7.58. The van der Waals surface area contributed by atoms with Gasteiger partial charge in [0.15, 0.2) is 5.82 Å². The summed E-state index contributed by atoms with van der Waals surface area (Å²) in [4.78, 5) is 27.5. The molecule has 5 heterocycles. The van der Waals surface area contributed by atoms with Crippen molar-refractivity contribution in [2.45, 2.75) is 31.5 Å². The van der Waals surface area contributed by atoms with E-state index in [-0.39, 0.29) is 25.0 Å². The summed E-state index contributed by atoms with van der Waals surface area (Å²) in [5.74, 6) is 0.0527. The zero-order valence-corrected chi connectivity index (χ0v) is 16.8. The highest BCUT2D eigenvalue weighted by molar-refractivity contribution is 6.04. The topological polar surface area (TPSA) is 64.6 Å². The summed E-state index contributed by atoms with van der Waals surface area (Å²) < 4.78 is 39.8. The van der Waals surface area contributed by atoms with Gasteiger partial charge < -0.3 is 9.80 Å². The third kappa shape index (κ3) is 3.75. The molecule has 0 spiro atoms. The zero-order chi connectivity index (χ0) is 21.6. The van der Waals surface area contributed by atoms with Crippen molar-refractivity contribution in [3.05, 3.63) is 36.5 Å². The van der Waals surface area contributed by atoms with E-state index in [1.165, 1.54) is 0 Å². The third-order valence-electron chi connectivity index (χ3n) is 6.26. The number of anilines is 4. The van der Waals surface area contributed by atoms with Gasteiger partial charge in [0, 0.05) is 32.4 Å². The lowest BCUT2D eigenvalue weighted by atomic mass is 9.97. The summed E-state index contributed by atoms with van der Waals surface area (Å²) in [7, 11) is 0. The minimum absolute atomic E-state index is 0.0387. The van der Waals surface area contributed by atoms with Crippen molar-refractivity contribution in [3.63, 3.8) is 0 Å². The van der Waals surface area contributed by atoms with E-state index >= 15 is 0 Å². The van der Waals surface area contributed by atoms with Crippen molar-refractivity contribution in [3.8, 4) is 0 Å². The Bertz CT molecular complexity index is 969. The fraction of sp³-hybridized carbons (Fsp3) is 0.476. The van der Waals surface area contributed by atoms with Gasteiger partial charge in [0.25, 0.3) is 0 Å². The highest BCUT2D eigenvalue weighted by Crippen LogP contribution is 2.41. The van der Waals surface area contributed by atoms with E-state index in [0.29, 0.717) is 37.0 Å². The number of fused-ring (bicyclic) bond motifs is 4. The minimum Gasteiger partial charge on any atom is -0.366 e. The summed E-state index contributed by atoms with van der Waals surface area (Å²) in [6, 6.07) is 8.53. The van der Waals surface area contributed by atoms with Crippen LogP contribution in [0.25, 0.3) is 0 Å². The summed E-state index contributed by atoms with van der Waals surface area (Å²) in [6.45, 7) is 1.93. The lowest BCUT2D eigenvalue weighted by Gasteiger charge is -2.38. The molecule has 7 nitrogen and oxygen atoms in total. The second-order valence-electron chi connectivity index (χ2n) is 8.24. The maximum Gasteiger partial charge on any atom is 0.393 e. The van der Waals surface area contributed by atoms with Crippen molar-refractivity contribution >= 4 is 29.2 Å². The van der Waals surface area contributed by atoms with Crippen molar-refractivity contribution in [1.82, 2.24) is 9.97 Å². The molecule has 2 aromatic rings. The summed E-state index contributed by atoms with van der Waals surface area (Å²) in [6.07, 6.45) is -1.21. The van der Waals surface area contributed by atoms with Gasteiger partial charge in [0.2, 0.25) is 0 Å². The third-order valence-corrected chi connectivity index (χ3v) is 6.26. The molecular formula is C21H23F3N6O. The Morgan fingerprint density at radius 1 is 1.06 bits per heavy atom. The molecule has 2 aromatic heterocycles. The summed E-state index contributed by atoms with van der Waals surface area (Å²) in [5.41, 5.74) is 0.832. The number of carbonyl (C=O) groups excluding carboxylic acids is 1. The fourth-order valence-electron chi connectivity index (χ4n) is 4.70. The van der Waals surface area contributed by atoms with E-state index in [9.17, 15) is 18.0 Å². The number of amides is 2. The van der Waals surface area contributed by atoms with E-state index in [1.54, 1.807) is 40.3 Å². The lowest BCUT2D eigenvalue weighted by molar-refractivity contribution is -0.176. The van der Waals surface area contributed by atoms with Crippen LogP contribution in [0.2, 0.25) is 0 Å². The molecule has 0 saturated carbocycles. The molecule has 1 unspecified atom stereocenters. The Kier molecular flexibility index (Phi) is 4.86. The number of carbonyl (C=O) groups is 1. The quantitative estimate of drug-likeness (QED) is 0.780. The Balaban J connectivity index is 1.45. The maximum atomic E-state index is 13.3. The van der Waals surface area contributed by atoms with Crippen LogP contribution < -0.4 is 20.0 Å². The van der Waals surface area contributed by atoms with Gasteiger partial charge in [-0.15, -0.1) is 0 Å². The monoisotopic (exact) mass is 432 g/mol. The first-order valence-corrected chi connectivity index (χ1v) is 10.5. The van der Waals surface area contributed by atoms with Crippen LogP contribution in [-0.2, 0) is 0 Å². The van der Waals surface area contributed by atoms with Crippen molar-refractivity contribution in [2.24, 2.45) is 5.92 Å². The van der Waals surface area contributed by atoms with Gasteiger partial charge in [-0.3, -0.25) is 10.2 Å². The van der Waals surface area contributed by atoms with Gasteiger partial charge in [-0.25, -0.2) is 14.8 Å².